The number of hydrogen-bond acceptors (Lipinski definition) is 3. The zero-order valence-corrected chi connectivity index (χ0v) is 13.4. The fraction of sp³-hybridized carbons (Fsp3) is 0.571. The summed E-state index contributed by atoms with van der Waals surface area (Å²) in [6, 6.07) is 5.19. The molecule has 0 amide bonds. The molecule has 1 aliphatic carbocycles. The van der Waals surface area contributed by atoms with E-state index in [4.69, 9.17) is 17.3 Å². The number of halogens is 1. The quantitative estimate of drug-likeness (QED) is 0.932. The molecular formula is C14H21ClN2O2S. The number of sulfonamides is 1. The molecule has 0 aliphatic heterocycles. The van der Waals surface area contributed by atoms with Crippen LogP contribution in [0.3, 0.4) is 0 Å². The molecule has 2 rings (SSSR count). The molecule has 0 radical (unpaired) electrons. The number of nitrogens with two attached hydrogens (primary N) is 1. The molecule has 0 spiro atoms. The Morgan fingerprint density at radius 1 is 1.25 bits per heavy atom. The van der Waals surface area contributed by atoms with Gasteiger partial charge in [0.05, 0.1) is 4.90 Å². The van der Waals surface area contributed by atoms with Gasteiger partial charge < -0.3 is 5.73 Å². The van der Waals surface area contributed by atoms with Gasteiger partial charge in [0, 0.05) is 24.2 Å². The molecule has 1 saturated carbocycles. The lowest BCUT2D eigenvalue weighted by Crippen LogP contribution is -2.41. The second kappa shape index (κ2) is 6.02. The van der Waals surface area contributed by atoms with Gasteiger partial charge in [-0.1, -0.05) is 17.7 Å². The number of benzene rings is 1. The van der Waals surface area contributed by atoms with Crippen molar-refractivity contribution in [1.29, 1.82) is 0 Å². The summed E-state index contributed by atoms with van der Waals surface area (Å²) in [5.41, 5.74) is 6.59. The first-order chi connectivity index (χ1) is 9.32. The smallest absolute Gasteiger partial charge is 0.243 e. The van der Waals surface area contributed by atoms with Crippen LogP contribution in [0.1, 0.15) is 31.2 Å². The summed E-state index contributed by atoms with van der Waals surface area (Å²) >= 11 is 5.93. The molecule has 1 aromatic carbocycles. The van der Waals surface area contributed by atoms with E-state index < -0.39 is 10.0 Å². The van der Waals surface area contributed by atoms with Crippen LogP contribution in [0, 0.1) is 6.92 Å². The highest BCUT2D eigenvalue weighted by atomic mass is 35.5. The van der Waals surface area contributed by atoms with Crippen molar-refractivity contribution in [3.05, 3.63) is 28.8 Å². The maximum Gasteiger partial charge on any atom is 0.243 e. The van der Waals surface area contributed by atoms with Gasteiger partial charge in [-0.3, -0.25) is 0 Å². The molecule has 112 valence electrons. The summed E-state index contributed by atoms with van der Waals surface area (Å²) in [6.45, 7) is 1.79. The first-order valence-corrected chi connectivity index (χ1v) is 8.64. The van der Waals surface area contributed by atoms with Crippen molar-refractivity contribution < 1.29 is 8.42 Å². The van der Waals surface area contributed by atoms with E-state index in [0.29, 0.717) is 15.5 Å². The third kappa shape index (κ3) is 3.17. The van der Waals surface area contributed by atoms with Crippen LogP contribution in [-0.4, -0.2) is 31.9 Å². The zero-order valence-electron chi connectivity index (χ0n) is 11.8. The Balaban J connectivity index is 2.27. The van der Waals surface area contributed by atoms with Crippen LogP contribution in [0.4, 0.5) is 0 Å². The Labute approximate surface area is 126 Å². The van der Waals surface area contributed by atoms with E-state index in [2.05, 4.69) is 0 Å². The molecule has 4 nitrogen and oxygen atoms in total. The van der Waals surface area contributed by atoms with Crippen molar-refractivity contribution in [2.75, 3.05) is 7.05 Å². The van der Waals surface area contributed by atoms with Crippen molar-refractivity contribution >= 4 is 21.6 Å². The second-order valence-corrected chi connectivity index (χ2v) is 7.90. The van der Waals surface area contributed by atoms with Crippen LogP contribution in [0.2, 0.25) is 5.02 Å². The maximum absolute atomic E-state index is 12.7. The Morgan fingerprint density at radius 3 is 2.45 bits per heavy atom. The van der Waals surface area contributed by atoms with Crippen molar-refractivity contribution in [3.63, 3.8) is 0 Å². The summed E-state index contributed by atoms with van der Waals surface area (Å²) in [6.07, 6.45) is 3.38. The molecule has 6 heteroatoms. The summed E-state index contributed by atoms with van der Waals surface area (Å²) in [4.78, 5) is 0.294. The van der Waals surface area contributed by atoms with Gasteiger partial charge >= 0.3 is 0 Å². The Bertz CT molecular complexity index is 581. The first-order valence-electron chi connectivity index (χ1n) is 6.82. The van der Waals surface area contributed by atoms with Crippen molar-refractivity contribution in [1.82, 2.24) is 4.31 Å². The maximum atomic E-state index is 12.7. The number of rotatable bonds is 3. The van der Waals surface area contributed by atoms with E-state index in [1.807, 2.05) is 0 Å². The summed E-state index contributed by atoms with van der Waals surface area (Å²) < 4.78 is 26.9. The molecule has 1 fully saturated rings. The van der Waals surface area contributed by atoms with E-state index in [9.17, 15) is 8.42 Å². The average Bonchev–Trinajstić information content (AvgIpc) is 2.41. The minimum atomic E-state index is -3.50. The number of nitrogens with zero attached hydrogens (tertiary/aromatic N) is 1. The van der Waals surface area contributed by atoms with Crippen LogP contribution in [-0.2, 0) is 10.0 Å². The third-order valence-electron chi connectivity index (χ3n) is 4.06. The van der Waals surface area contributed by atoms with E-state index in [-0.39, 0.29) is 12.1 Å². The molecule has 20 heavy (non-hydrogen) atoms. The molecule has 0 atom stereocenters. The predicted molar refractivity (Wildman–Crippen MR) is 81.4 cm³/mol. The molecule has 1 aliphatic rings. The van der Waals surface area contributed by atoms with Gasteiger partial charge in [0.25, 0.3) is 0 Å². The van der Waals surface area contributed by atoms with E-state index in [1.54, 1.807) is 26.1 Å². The molecule has 0 bridgehead atoms. The standard InChI is InChI=1S/C14H21ClN2O2S/c1-10-3-4-11(15)9-14(10)20(18,19)17(2)13-7-5-12(16)6-8-13/h3-4,9,12-13H,5-8,16H2,1-2H3. The highest BCUT2D eigenvalue weighted by Gasteiger charge is 2.31. The van der Waals surface area contributed by atoms with E-state index in [1.165, 1.54) is 10.4 Å². The van der Waals surface area contributed by atoms with Gasteiger partial charge in [0.2, 0.25) is 10.0 Å². The van der Waals surface area contributed by atoms with Crippen LogP contribution in [0.5, 0.6) is 0 Å². The van der Waals surface area contributed by atoms with Gasteiger partial charge in [0.1, 0.15) is 0 Å². The number of aryl methyl sites for hydroxylation is 1. The Hall–Kier alpha value is -0.620. The molecule has 0 heterocycles. The van der Waals surface area contributed by atoms with Crippen molar-refractivity contribution in [3.8, 4) is 0 Å². The van der Waals surface area contributed by atoms with Crippen LogP contribution >= 0.6 is 11.6 Å². The minimum absolute atomic E-state index is 0.0261. The lowest BCUT2D eigenvalue weighted by molar-refractivity contribution is 0.268. The van der Waals surface area contributed by atoms with Gasteiger partial charge in [-0.2, -0.15) is 4.31 Å². The van der Waals surface area contributed by atoms with Gasteiger partial charge in [-0.05, 0) is 50.3 Å². The topological polar surface area (TPSA) is 63.4 Å². The molecule has 0 unspecified atom stereocenters. The Kier molecular flexibility index (Phi) is 4.74. The zero-order chi connectivity index (χ0) is 14.9. The summed E-state index contributed by atoms with van der Waals surface area (Å²) in [7, 11) is -1.85. The van der Waals surface area contributed by atoms with E-state index in [0.717, 1.165) is 25.7 Å². The first kappa shape index (κ1) is 15.8. The van der Waals surface area contributed by atoms with E-state index >= 15 is 0 Å². The largest absolute Gasteiger partial charge is 0.328 e. The summed E-state index contributed by atoms with van der Waals surface area (Å²) in [5, 5.41) is 0.438. The minimum Gasteiger partial charge on any atom is -0.328 e. The van der Waals surface area contributed by atoms with Crippen molar-refractivity contribution in [2.24, 2.45) is 5.73 Å². The van der Waals surface area contributed by atoms with Gasteiger partial charge in [-0.25, -0.2) is 8.42 Å². The fourth-order valence-electron chi connectivity index (χ4n) is 2.67. The molecule has 1 aromatic rings. The lowest BCUT2D eigenvalue weighted by Gasteiger charge is -2.33. The molecule has 0 saturated heterocycles. The predicted octanol–water partition coefficient (Wildman–Crippen LogP) is 2.54. The highest BCUT2D eigenvalue weighted by Crippen LogP contribution is 2.28. The number of hydrogen-bond donors (Lipinski definition) is 1. The van der Waals surface area contributed by atoms with Crippen molar-refractivity contribution in [2.45, 2.75) is 49.6 Å². The Morgan fingerprint density at radius 2 is 1.85 bits per heavy atom. The average molecular weight is 317 g/mol. The van der Waals surface area contributed by atoms with Crippen LogP contribution < -0.4 is 5.73 Å². The van der Waals surface area contributed by atoms with Gasteiger partial charge in [0.15, 0.2) is 0 Å². The molecular weight excluding hydrogens is 296 g/mol. The fourth-order valence-corrected chi connectivity index (χ4v) is 4.57. The monoisotopic (exact) mass is 316 g/mol. The second-order valence-electron chi connectivity index (χ2n) is 5.50. The third-order valence-corrected chi connectivity index (χ3v) is 6.35. The highest BCUT2D eigenvalue weighted by molar-refractivity contribution is 7.89. The molecule has 0 aromatic heterocycles. The van der Waals surface area contributed by atoms with Gasteiger partial charge in [-0.15, -0.1) is 0 Å². The molecule has 2 N–H and O–H groups in total. The SMILES string of the molecule is Cc1ccc(Cl)cc1S(=O)(=O)N(C)C1CCC(N)CC1. The lowest BCUT2D eigenvalue weighted by atomic mass is 9.92. The summed E-state index contributed by atoms with van der Waals surface area (Å²) in [5.74, 6) is 0. The van der Waals surface area contributed by atoms with Crippen LogP contribution in [0.25, 0.3) is 0 Å². The normalized spacial score (nSPS) is 24.1. The van der Waals surface area contributed by atoms with Crippen LogP contribution in [0.15, 0.2) is 23.1 Å².